The van der Waals surface area contributed by atoms with Crippen molar-refractivity contribution < 1.29 is 23.9 Å². The summed E-state index contributed by atoms with van der Waals surface area (Å²) in [6.45, 7) is 2.59. The molecule has 2 heterocycles. The average molecular weight is 609 g/mol. The van der Waals surface area contributed by atoms with E-state index in [0.717, 1.165) is 6.42 Å². The Morgan fingerprint density at radius 2 is 1.51 bits per heavy atom. The number of ketones is 2. The molecule has 1 saturated heterocycles. The second kappa shape index (κ2) is 14.7. The minimum absolute atomic E-state index is 0.0341. The first-order chi connectivity index (χ1) is 21.9. The summed E-state index contributed by atoms with van der Waals surface area (Å²) in [6.07, 6.45) is 2.08. The van der Waals surface area contributed by atoms with Crippen LogP contribution in [-0.2, 0) is 38.5 Å². The van der Waals surface area contributed by atoms with Crippen LogP contribution in [0.25, 0.3) is 11.4 Å². The summed E-state index contributed by atoms with van der Waals surface area (Å²) in [4.78, 5) is 54.2. The predicted octanol–water partition coefficient (Wildman–Crippen LogP) is 3.49. The minimum Gasteiger partial charge on any atom is -0.427 e. The van der Waals surface area contributed by atoms with Crippen molar-refractivity contribution in [2.75, 3.05) is 6.54 Å². The zero-order valence-electron chi connectivity index (χ0n) is 25.1. The van der Waals surface area contributed by atoms with Gasteiger partial charge in [-0.15, -0.1) is 5.10 Å². The van der Waals surface area contributed by atoms with Crippen LogP contribution in [0.3, 0.4) is 0 Å². The molecular weight excluding hydrogens is 572 g/mol. The molecule has 3 aromatic carbocycles. The van der Waals surface area contributed by atoms with E-state index >= 15 is 0 Å². The number of hydrogen-bond donors (Lipinski definition) is 2. The van der Waals surface area contributed by atoms with Crippen molar-refractivity contribution in [1.29, 1.82) is 0 Å². The fourth-order valence-electron chi connectivity index (χ4n) is 5.27. The van der Waals surface area contributed by atoms with Crippen LogP contribution in [0.15, 0.2) is 84.9 Å². The van der Waals surface area contributed by atoms with Gasteiger partial charge in [0.2, 0.25) is 17.5 Å². The molecule has 45 heavy (non-hydrogen) atoms. The van der Waals surface area contributed by atoms with Gasteiger partial charge in [-0.3, -0.25) is 24.5 Å². The number of aromatic nitrogens is 4. The molecule has 1 unspecified atom stereocenters. The van der Waals surface area contributed by atoms with Crippen LogP contribution < -0.4 is 10.6 Å². The number of carbonyl (C=O) groups excluding carboxylic acids is 4. The Bertz CT molecular complexity index is 1560. The first kappa shape index (κ1) is 31.6. The molecule has 0 saturated carbocycles. The van der Waals surface area contributed by atoms with Gasteiger partial charge in [0.1, 0.15) is 6.04 Å². The van der Waals surface area contributed by atoms with Crippen LogP contribution in [0.5, 0.6) is 0 Å². The number of esters is 1. The van der Waals surface area contributed by atoms with Crippen LogP contribution in [0.4, 0.5) is 0 Å². The van der Waals surface area contributed by atoms with Crippen molar-refractivity contribution >= 4 is 23.4 Å². The molecule has 4 aromatic rings. The summed E-state index contributed by atoms with van der Waals surface area (Å²) in [5.74, 6) is -1.67. The summed E-state index contributed by atoms with van der Waals surface area (Å²) in [5.41, 5.74) is 0.477. The van der Waals surface area contributed by atoms with E-state index in [0.29, 0.717) is 53.9 Å². The summed E-state index contributed by atoms with van der Waals surface area (Å²) in [6, 6.07) is 24.6. The monoisotopic (exact) mass is 608 g/mol. The van der Waals surface area contributed by atoms with Crippen molar-refractivity contribution in [1.82, 2.24) is 30.8 Å². The van der Waals surface area contributed by atoms with E-state index in [2.05, 4.69) is 26.2 Å². The number of ether oxygens (including phenoxy) is 1. The third kappa shape index (κ3) is 7.62. The molecule has 0 radical (unpaired) electrons. The smallest absolute Gasteiger partial charge is 0.325 e. The number of Topliss-reactive ketones (excluding diaryl/α,β-unsaturated/α-hetero) is 2. The molecule has 11 heteroatoms. The average Bonchev–Trinajstić information content (AvgIpc) is 3.78. The van der Waals surface area contributed by atoms with Crippen molar-refractivity contribution in [2.24, 2.45) is 0 Å². The highest BCUT2D eigenvalue weighted by Crippen LogP contribution is 2.23. The third-order valence-corrected chi connectivity index (χ3v) is 7.72. The van der Waals surface area contributed by atoms with Gasteiger partial charge in [0.05, 0.1) is 0 Å². The lowest BCUT2D eigenvalue weighted by atomic mass is 9.92. The molecule has 1 atom stereocenters. The van der Waals surface area contributed by atoms with Crippen LogP contribution >= 0.6 is 0 Å². The Balaban J connectivity index is 1.45. The second-order valence-corrected chi connectivity index (χ2v) is 11.0. The van der Waals surface area contributed by atoms with Crippen molar-refractivity contribution in [3.8, 4) is 11.4 Å². The summed E-state index contributed by atoms with van der Waals surface area (Å²) in [7, 11) is 0. The maximum Gasteiger partial charge on any atom is 0.325 e. The molecular formula is C34H36N6O5. The van der Waals surface area contributed by atoms with Crippen molar-refractivity contribution in [3.05, 3.63) is 102 Å². The molecule has 0 bridgehead atoms. The zero-order chi connectivity index (χ0) is 31.6. The number of nitrogens with one attached hydrogen (secondary N) is 2. The Kier molecular flexibility index (Phi) is 10.3. The van der Waals surface area contributed by atoms with Gasteiger partial charge in [-0.1, -0.05) is 91.9 Å². The molecule has 0 aliphatic carbocycles. The van der Waals surface area contributed by atoms with Crippen LogP contribution in [0, 0.1) is 0 Å². The van der Waals surface area contributed by atoms with E-state index in [1.165, 1.54) is 4.68 Å². The van der Waals surface area contributed by atoms with Gasteiger partial charge in [-0.25, -0.2) is 0 Å². The lowest BCUT2D eigenvalue weighted by Crippen LogP contribution is -2.63. The molecule has 2 N–H and O–H groups in total. The van der Waals surface area contributed by atoms with E-state index in [-0.39, 0.29) is 25.3 Å². The standard InChI is InChI=1S/C34H36N6O5/c1-2-10-31(43)40-32(37-38-39-40)27-18-16-26(17-19-27)23-36-34(45-33(44)28-15-9-20-35-28,29(41)21-24-11-5-3-6-12-24)30(42)22-25-13-7-4-8-14-25/h3-8,11-14,16-19,28,35-36H,2,9-10,15,20-23H2,1H3. The van der Waals surface area contributed by atoms with Gasteiger partial charge in [-0.05, 0) is 52.9 Å². The topological polar surface area (TPSA) is 145 Å². The normalized spacial score (nSPS) is 14.6. The lowest BCUT2D eigenvalue weighted by Gasteiger charge is -2.33. The van der Waals surface area contributed by atoms with Gasteiger partial charge >= 0.3 is 5.97 Å². The van der Waals surface area contributed by atoms with E-state index in [1.807, 2.05) is 43.3 Å². The number of benzene rings is 3. The summed E-state index contributed by atoms with van der Waals surface area (Å²) in [5, 5.41) is 17.7. The second-order valence-electron chi connectivity index (χ2n) is 11.0. The maximum atomic E-state index is 14.2. The summed E-state index contributed by atoms with van der Waals surface area (Å²) < 4.78 is 7.16. The lowest BCUT2D eigenvalue weighted by molar-refractivity contribution is -0.178. The SMILES string of the molecule is CCCC(=O)n1nnnc1-c1ccc(CNC(OC(=O)C2CCCN2)(C(=O)Cc2ccccc2)C(=O)Cc2ccccc2)cc1. The van der Waals surface area contributed by atoms with Gasteiger partial charge < -0.3 is 10.1 Å². The molecule has 0 amide bonds. The largest absolute Gasteiger partial charge is 0.427 e. The first-order valence-electron chi connectivity index (χ1n) is 15.2. The fraction of sp³-hybridized carbons (Fsp3) is 0.324. The van der Waals surface area contributed by atoms with E-state index in [4.69, 9.17) is 4.74 Å². The molecule has 0 spiro atoms. The van der Waals surface area contributed by atoms with Gasteiger partial charge in [0.25, 0.3) is 5.72 Å². The van der Waals surface area contributed by atoms with Crippen LogP contribution in [-0.4, -0.2) is 62.0 Å². The van der Waals surface area contributed by atoms with Crippen LogP contribution in [0.1, 0.15) is 54.1 Å². The van der Waals surface area contributed by atoms with Gasteiger partial charge in [0, 0.05) is 31.4 Å². The number of nitrogens with zero attached hydrogens (tertiary/aromatic N) is 4. The molecule has 5 rings (SSSR count). The molecule has 232 valence electrons. The fourth-order valence-corrected chi connectivity index (χ4v) is 5.27. The Labute approximate surface area is 261 Å². The highest BCUT2D eigenvalue weighted by molar-refractivity contribution is 6.12. The molecule has 1 aliphatic rings. The highest BCUT2D eigenvalue weighted by atomic mass is 16.6. The number of carbonyl (C=O) groups is 4. The van der Waals surface area contributed by atoms with E-state index < -0.39 is 29.3 Å². The quantitative estimate of drug-likeness (QED) is 0.0944. The number of tetrazole rings is 1. The maximum absolute atomic E-state index is 14.2. The first-order valence-corrected chi connectivity index (χ1v) is 15.2. The molecule has 1 aromatic heterocycles. The summed E-state index contributed by atoms with van der Waals surface area (Å²) >= 11 is 0. The molecule has 1 fully saturated rings. The Hall–Kier alpha value is -4.87. The minimum atomic E-state index is -2.23. The van der Waals surface area contributed by atoms with Crippen molar-refractivity contribution in [2.45, 2.75) is 63.8 Å². The zero-order valence-corrected chi connectivity index (χ0v) is 25.1. The number of hydrogen-bond acceptors (Lipinski definition) is 10. The van der Waals surface area contributed by atoms with E-state index in [9.17, 15) is 19.2 Å². The molecule has 1 aliphatic heterocycles. The van der Waals surface area contributed by atoms with Gasteiger partial charge in [-0.2, -0.15) is 4.68 Å². The predicted molar refractivity (Wildman–Crippen MR) is 166 cm³/mol. The Morgan fingerprint density at radius 1 is 0.889 bits per heavy atom. The van der Waals surface area contributed by atoms with Crippen LogP contribution in [0.2, 0.25) is 0 Å². The van der Waals surface area contributed by atoms with Crippen molar-refractivity contribution in [3.63, 3.8) is 0 Å². The third-order valence-electron chi connectivity index (χ3n) is 7.72. The Morgan fingerprint density at radius 3 is 2.07 bits per heavy atom. The highest BCUT2D eigenvalue weighted by Gasteiger charge is 2.49. The number of rotatable bonds is 14. The molecule has 11 nitrogen and oxygen atoms in total. The van der Waals surface area contributed by atoms with E-state index in [1.54, 1.807) is 48.5 Å². The van der Waals surface area contributed by atoms with Gasteiger partial charge in [0.15, 0.2) is 5.82 Å².